The van der Waals surface area contributed by atoms with Crippen molar-refractivity contribution in [3.8, 4) is 0 Å². The van der Waals surface area contributed by atoms with Crippen molar-refractivity contribution in [3.05, 3.63) is 0 Å². The van der Waals surface area contributed by atoms with Crippen LogP contribution in [0.25, 0.3) is 0 Å². The summed E-state index contributed by atoms with van der Waals surface area (Å²) in [5, 5.41) is 16.7. The molecule has 0 saturated carbocycles. The Morgan fingerprint density at radius 2 is 1.15 bits per heavy atom. The van der Waals surface area contributed by atoms with E-state index in [0.29, 0.717) is 31.5 Å². The van der Waals surface area contributed by atoms with Gasteiger partial charge in [0, 0.05) is 57.4 Å². The molecule has 3 fully saturated rings. The van der Waals surface area contributed by atoms with E-state index >= 15 is 0 Å². The number of rotatable bonds is 18. The monoisotopic (exact) mass is 372 g/mol. The summed E-state index contributed by atoms with van der Waals surface area (Å²) in [6.07, 6.45) is 0.0186. The predicted octanol–water partition coefficient (Wildman–Crippen LogP) is -5.55. The Labute approximate surface area is 155 Å². The average Bonchev–Trinajstić information content (AvgIpc) is 3.45. The molecule has 3 unspecified atom stereocenters. The van der Waals surface area contributed by atoms with Gasteiger partial charge in [0.2, 0.25) is 0 Å². The molecule has 0 aromatic rings. The van der Waals surface area contributed by atoms with Gasteiger partial charge < -0.3 is 16.0 Å². The summed E-state index contributed by atoms with van der Waals surface area (Å²) in [6.45, 7) is 8.20. The molecule has 3 atom stereocenters. The maximum Gasteiger partial charge on any atom is 0.117 e. The van der Waals surface area contributed by atoms with Crippen LogP contribution < -0.4 is 59.1 Å². The first kappa shape index (κ1) is 20.3. The highest BCUT2D eigenvalue weighted by molar-refractivity contribution is 4.85. The summed E-state index contributed by atoms with van der Waals surface area (Å²) in [7, 11) is 2.07. The van der Waals surface area contributed by atoms with E-state index in [0.717, 1.165) is 45.9 Å². The van der Waals surface area contributed by atoms with E-state index in [-0.39, 0.29) is 6.29 Å². The second kappa shape index (κ2) is 11.4. The molecule has 3 saturated heterocycles. The van der Waals surface area contributed by atoms with Gasteiger partial charge in [0.05, 0.1) is 20.0 Å². The Balaban J connectivity index is 1.25. The van der Waals surface area contributed by atoms with Gasteiger partial charge in [-0.15, -0.1) is 0 Å². The third-order valence-corrected chi connectivity index (χ3v) is 4.44. The Morgan fingerprint density at radius 1 is 0.731 bits per heavy atom. The molecule has 3 heterocycles. The Kier molecular flexibility index (Phi) is 8.87. The van der Waals surface area contributed by atoms with Crippen LogP contribution in [-0.2, 0) is 0 Å². The lowest BCUT2D eigenvalue weighted by Gasteiger charge is -2.30. The van der Waals surface area contributed by atoms with E-state index in [2.05, 4.69) is 71.1 Å². The molecule has 0 radical (unpaired) electrons. The second-order valence-corrected chi connectivity index (χ2v) is 7.07. The fourth-order valence-electron chi connectivity index (χ4n) is 2.35. The highest BCUT2D eigenvalue weighted by Crippen LogP contribution is 1.93. The molecule has 12 heteroatoms. The largest absolute Gasteiger partial charge is 0.310 e. The van der Waals surface area contributed by atoms with Crippen LogP contribution in [0.3, 0.4) is 0 Å². The van der Waals surface area contributed by atoms with Crippen molar-refractivity contribution in [1.82, 2.24) is 64.0 Å². The highest BCUT2D eigenvalue weighted by atomic mass is 15.5. The van der Waals surface area contributed by atoms with Crippen LogP contribution in [0.2, 0.25) is 0 Å². The van der Waals surface area contributed by atoms with Crippen molar-refractivity contribution >= 4 is 0 Å². The quantitative estimate of drug-likeness (QED) is 0.0479. The molecule has 3 aliphatic heterocycles. The first-order valence-corrected chi connectivity index (χ1v) is 9.55. The number of nitrogens with one attached hydrogen (secondary N) is 11. The zero-order valence-corrected chi connectivity index (χ0v) is 15.6. The Bertz CT molecular complexity index is 351. The molecule has 0 spiro atoms. The van der Waals surface area contributed by atoms with E-state index in [1.807, 2.05) is 0 Å². The molecular weight excluding hydrogens is 336 g/mol. The van der Waals surface area contributed by atoms with Crippen molar-refractivity contribution < 1.29 is 0 Å². The van der Waals surface area contributed by atoms with Crippen LogP contribution in [0.1, 0.15) is 0 Å². The summed E-state index contributed by atoms with van der Waals surface area (Å²) < 4.78 is 0. The molecule has 3 aliphatic rings. The predicted molar refractivity (Wildman–Crippen MR) is 101 cm³/mol. The van der Waals surface area contributed by atoms with Crippen LogP contribution in [0, 0.1) is 0 Å². The number of hydrazine groups is 3. The molecule has 12 nitrogen and oxygen atoms in total. The van der Waals surface area contributed by atoms with Crippen LogP contribution >= 0.6 is 0 Å². The number of hydrogen-bond acceptors (Lipinski definition) is 12. The van der Waals surface area contributed by atoms with E-state index in [1.165, 1.54) is 0 Å². The van der Waals surface area contributed by atoms with E-state index < -0.39 is 0 Å². The molecule has 0 bridgehead atoms. The molecule has 11 N–H and O–H groups in total. The minimum atomic E-state index is 0.0186. The maximum absolute atomic E-state index is 3.45. The van der Waals surface area contributed by atoms with Gasteiger partial charge in [-0.1, -0.05) is 0 Å². The Hall–Kier alpha value is -0.480. The van der Waals surface area contributed by atoms with E-state index in [9.17, 15) is 0 Å². The second-order valence-electron chi connectivity index (χ2n) is 7.07. The van der Waals surface area contributed by atoms with Crippen molar-refractivity contribution in [2.45, 2.75) is 24.4 Å². The molecular formula is C14H36N12. The number of nitrogens with zero attached hydrogens (tertiary/aromatic N) is 1. The fourth-order valence-corrected chi connectivity index (χ4v) is 2.35. The zero-order valence-electron chi connectivity index (χ0n) is 15.6. The minimum absolute atomic E-state index is 0.0186. The van der Waals surface area contributed by atoms with Crippen LogP contribution in [0.15, 0.2) is 0 Å². The first-order valence-electron chi connectivity index (χ1n) is 9.55. The molecule has 152 valence electrons. The normalized spacial score (nSPS) is 27.7. The lowest BCUT2D eigenvalue weighted by Crippen LogP contribution is -2.61. The van der Waals surface area contributed by atoms with Crippen LogP contribution in [0.5, 0.6) is 0 Å². The minimum Gasteiger partial charge on any atom is -0.310 e. The lowest BCUT2D eigenvalue weighted by atomic mass is 10.5. The maximum atomic E-state index is 3.45. The lowest BCUT2D eigenvalue weighted by molar-refractivity contribution is 0.140. The number of hydrogen-bond donors (Lipinski definition) is 11. The van der Waals surface area contributed by atoms with Gasteiger partial charge in [0.15, 0.2) is 0 Å². The van der Waals surface area contributed by atoms with Crippen molar-refractivity contribution in [2.75, 3.05) is 66.3 Å². The molecule has 0 aliphatic carbocycles. The van der Waals surface area contributed by atoms with Crippen molar-refractivity contribution in [2.24, 2.45) is 0 Å². The molecule has 26 heavy (non-hydrogen) atoms. The average molecular weight is 373 g/mol. The summed E-state index contributed by atoms with van der Waals surface area (Å²) in [5.41, 5.74) is 19.3. The van der Waals surface area contributed by atoms with Gasteiger partial charge in [0.1, 0.15) is 6.29 Å². The molecule has 3 rings (SSSR count). The van der Waals surface area contributed by atoms with Gasteiger partial charge in [-0.25, -0.2) is 16.3 Å². The summed E-state index contributed by atoms with van der Waals surface area (Å²) in [6, 6.07) is 1.85. The summed E-state index contributed by atoms with van der Waals surface area (Å²) in [4.78, 5) is 2.17. The van der Waals surface area contributed by atoms with Crippen LogP contribution in [0.4, 0.5) is 0 Å². The Morgan fingerprint density at radius 3 is 1.58 bits per heavy atom. The standard InChI is InChI=1S/C14H36N12/c1-26(10-25-22-7-13-4-17-13)14(18-8-23-20-5-11-2-15-11)19-9-24-21-6-12-3-16-12/h11-25H,2-10H2,1H3. The van der Waals surface area contributed by atoms with Gasteiger partial charge >= 0.3 is 0 Å². The van der Waals surface area contributed by atoms with Crippen molar-refractivity contribution in [3.63, 3.8) is 0 Å². The third-order valence-electron chi connectivity index (χ3n) is 4.44. The van der Waals surface area contributed by atoms with Gasteiger partial charge in [0.25, 0.3) is 0 Å². The van der Waals surface area contributed by atoms with Gasteiger partial charge in [-0.3, -0.25) is 31.8 Å². The van der Waals surface area contributed by atoms with Gasteiger partial charge in [-0.2, -0.15) is 0 Å². The summed E-state index contributed by atoms with van der Waals surface area (Å²) in [5.74, 6) is 0. The molecule has 0 aromatic carbocycles. The van der Waals surface area contributed by atoms with E-state index in [4.69, 9.17) is 0 Å². The zero-order chi connectivity index (χ0) is 18.0. The summed E-state index contributed by atoms with van der Waals surface area (Å²) >= 11 is 0. The van der Waals surface area contributed by atoms with E-state index in [1.54, 1.807) is 0 Å². The highest BCUT2D eigenvalue weighted by Gasteiger charge is 2.20. The van der Waals surface area contributed by atoms with Gasteiger partial charge in [-0.05, 0) is 7.05 Å². The third kappa shape index (κ3) is 9.45. The topological polar surface area (TPSA) is 165 Å². The molecule has 0 aromatic heterocycles. The SMILES string of the molecule is CN(CNNCC1CN1)C(NCNNCC1CN1)NCNNCC1CN1. The smallest absolute Gasteiger partial charge is 0.117 e. The fraction of sp³-hybridized carbons (Fsp3) is 1.00. The first-order chi connectivity index (χ1) is 12.8. The van der Waals surface area contributed by atoms with Crippen molar-refractivity contribution in [1.29, 1.82) is 0 Å². The van der Waals surface area contributed by atoms with Crippen LogP contribution in [-0.4, -0.2) is 95.6 Å². The molecule has 0 amide bonds.